The summed E-state index contributed by atoms with van der Waals surface area (Å²) in [7, 11) is 0. The van der Waals surface area contributed by atoms with E-state index in [-0.39, 0.29) is 17.6 Å². The first-order chi connectivity index (χ1) is 16.2. The molecule has 0 saturated carbocycles. The van der Waals surface area contributed by atoms with Crippen LogP contribution in [0.3, 0.4) is 0 Å². The molecule has 164 valence electrons. The molecule has 1 amide bonds. The molecule has 0 aliphatic carbocycles. The second-order valence-corrected chi connectivity index (χ2v) is 9.02. The van der Waals surface area contributed by atoms with Gasteiger partial charge < -0.3 is 4.42 Å². The predicted octanol–water partition coefficient (Wildman–Crippen LogP) is 4.45. The van der Waals surface area contributed by atoms with Crippen LogP contribution in [0.25, 0.3) is 23.0 Å². The van der Waals surface area contributed by atoms with Crippen LogP contribution in [0.5, 0.6) is 0 Å². The summed E-state index contributed by atoms with van der Waals surface area (Å²) in [4.78, 5) is 13.9. The van der Waals surface area contributed by atoms with E-state index < -0.39 is 0 Å². The van der Waals surface area contributed by atoms with Crippen molar-refractivity contribution in [3.8, 4) is 16.9 Å². The topological polar surface area (TPSA) is 75.3 Å². The zero-order chi connectivity index (χ0) is 22.4. The monoisotopic (exact) mass is 455 g/mol. The molecule has 2 N–H and O–H groups in total. The Morgan fingerprint density at radius 3 is 2.52 bits per heavy atom. The largest absolute Gasteiger partial charge is 0.469 e. The van der Waals surface area contributed by atoms with Gasteiger partial charge in [0.05, 0.1) is 22.5 Å². The van der Waals surface area contributed by atoms with Gasteiger partial charge in [0.2, 0.25) is 0 Å². The van der Waals surface area contributed by atoms with Crippen LogP contribution < -0.4 is 10.7 Å². The molecule has 2 atom stereocenters. The molecule has 2 aliphatic rings. The van der Waals surface area contributed by atoms with Crippen molar-refractivity contribution in [2.45, 2.75) is 18.6 Å². The van der Waals surface area contributed by atoms with Crippen LogP contribution in [0, 0.1) is 6.92 Å². The van der Waals surface area contributed by atoms with Crippen molar-refractivity contribution in [1.82, 2.24) is 25.5 Å². The second-order valence-electron chi connectivity index (χ2n) is 7.89. The van der Waals surface area contributed by atoms with Gasteiger partial charge in [-0.25, -0.2) is 15.1 Å². The minimum absolute atomic E-state index is 0.0624. The summed E-state index contributed by atoms with van der Waals surface area (Å²) < 4.78 is 7.26. The number of aromatic nitrogens is 2. The van der Waals surface area contributed by atoms with E-state index in [0.29, 0.717) is 4.91 Å². The number of thioether (sulfide) groups is 1. The van der Waals surface area contributed by atoms with E-state index >= 15 is 0 Å². The highest BCUT2D eigenvalue weighted by molar-refractivity contribution is 8.05. The van der Waals surface area contributed by atoms with Crippen LogP contribution in [0.15, 0.2) is 88.5 Å². The number of carbonyl (C=O) groups is 1. The van der Waals surface area contributed by atoms with Crippen LogP contribution in [0.2, 0.25) is 0 Å². The quantitative estimate of drug-likeness (QED) is 0.443. The SMILES string of the molecule is Cc1occc1C1NC2S/C(=C\c3cn(-c4ccccc4)nc3-c3ccccc3)C(=O)N2N1. The van der Waals surface area contributed by atoms with Crippen molar-refractivity contribution in [2.75, 3.05) is 0 Å². The summed E-state index contributed by atoms with van der Waals surface area (Å²) in [5.41, 5.74) is 7.77. The standard InChI is InChI=1S/C25H21N5O2S/c1-16-20(12-13-32-16)23-26-25-30(28-23)24(31)21(33-25)14-18-15-29(19-10-6-3-7-11-19)27-22(18)17-8-4-2-5-9-17/h2-15,23,25-26,28H,1H3/b21-14-. The highest BCUT2D eigenvalue weighted by atomic mass is 32.2. The number of hydrogen-bond donors (Lipinski definition) is 2. The van der Waals surface area contributed by atoms with Gasteiger partial charge in [-0.2, -0.15) is 5.10 Å². The molecule has 2 aromatic carbocycles. The van der Waals surface area contributed by atoms with Crippen molar-refractivity contribution in [2.24, 2.45) is 0 Å². The van der Waals surface area contributed by atoms with E-state index in [4.69, 9.17) is 9.52 Å². The van der Waals surface area contributed by atoms with Gasteiger partial charge in [-0.1, -0.05) is 60.3 Å². The van der Waals surface area contributed by atoms with Gasteiger partial charge >= 0.3 is 0 Å². The summed E-state index contributed by atoms with van der Waals surface area (Å²) >= 11 is 1.50. The molecule has 2 aliphatic heterocycles. The van der Waals surface area contributed by atoms with Gasteiger partial charge in [0.25, 0.3) is 5.91 Å². The number of amides is 1. The van der Waals surface area contributed by atoms with E-state index in [9.17, 15) is 4.79 Å². The van der Waals surface area contributed by atoms with Crippen molar-refractivity contribution in [3.05, 3.63) is 101 Å². The maximum Gasteiger partial charge on any atom is 0.276 e. The number of aryl methyl sites for hydroxylation is 1. The van der Waals surface area contributed by atoms with Crippen LogP contribution >= 0.6 is 11.8 Å². The smallest absolute Gasteiger partial charge is 0.276 e. The Labute approximate surface area is 195 Å². The Balaban J connectivity index is 1.33. The summed E-state index contributed by atoms with van der Waals surface area (Å²) in [6, 6.07) is 21.9. The lowest BCUT2D eigenvalue weighted by Gasteiger charge is -2.13. The summed E-state index contributed by atoms with van der Waals surface area (Å²) in [6.45, 7) is 1.91. The number of hydrazine groups is 1. The molecule has 33 heavy (non-hydrogen) atoms. The maximum absolute atomic E-state index is 13.2. The van der Waals surface area contributed by atoms with Gasteiger partial charge in [-0.15, -0.1) is 0 Å². The number of nitrogens with one attached hydrogen (secondary N) is 2. The number of fused-ring (bicyclic) bond motifs is 1. The van der Waals surface area contributed by atoms with E-state index in [0.717, 1.165) is 33.8 Å². The van der Waals surface area contributed by atoms with E-state index in [1.54, 1.807) is 11.3 Å². The maximum atomic E-state index is 13.2. The lowest BCUT2D eigenvalue weighted by molar-refractivity contribution is -0.127. The summed E-state index contributed by atoms with van der Waals surface area (Å²) in [6.07, 6.45) is 5.40. The number of hydrogen-bond acceptors (Lipinski definition) is 6. The molecule has 2 fully saturated rings. The summed E-state index contributed by atoms with van der Waals surface area (Å²) in [5.74, 6) is 0.767. The first-order valence-electron chi connectivity index (χ1n) is 10.7. The van der Waals surface area contributed by atoms with Gasteiger partial charge in [0.15, 0.2) is 5.50 Å². The minimum Gasteiger partial charge on any atom is -0.469 e. The molecule has 0 spiro atoms. The Kier molecular flexibility index (Phi) is 4.91. The molecule has 2 aromatic heterocycles. The molecule has 6 rings (SSSR count). The van der Waals surface area contributed by atoms with Crippen LogP contribution in [-0.4, -0.2) is 26.2 Å². The fraction of sp³-hybridized carbons (Fsp3) is 0.120. The Hall–Kier alpha value is -3.59. The second kappa shape index (κ2) is 8.08. The molecule has 0 radical (unpaired) electrons. The molecule has 7 nitrogen and oxygen atoms in total. The number of benzene rings is 2. The lowest BCUT2D eigenvalue weighted by Crippen LogP contribution is -2.37. The average Bonchev–Trinajstić information content (AvgIpc) is 3.61. The summed E-state index contributed by atoms with van der Waals surface area (Å²) in [5, 5.41) is 9.95. The Morgan fingerprint density at radius 2 is 1.82 bits per heavy atom. The van der Waals surface area contributed by atoms with Crippen LogP contribution in [0.1, 0.15) is 23.1 Å². The van der Waals surface area contributed by atoms with Crippen molar-refractivity contribution < 1.29 is 9.21 Å². The highest BCUT2D eigenvalue weighted by Gasteiger charge is 2.44. The lowest BCUT2D eigenvalue weighted by atomic mass is 10.1. The third kappa shape index (κ3) is 3.58. The third-order valence-electron chi connectivity index (χ3n) is 5.79. The third-order valence-corrected chi connectivity index (χ3v) is 6.90. The van der Waals surface area contributed by atoms with Crippen LogP contribution in [-0.2, 0) is 4.79 Å². The fourth-order valence-corrected chi connectivity index (χ4v) is 5.22. The molecule has 4 heterocycles. The predicted molar refractivity (Wildman–Crippen MR) is 128 cm³/mol. The average molecular weight is 456 g/mol. The van der Waals surface area contributed by atoms with Crippen LogP contribution in [0.4, 0.5) is 0 Å². The number of nitrogens with zero attached hydrogens (tertiary/aromatic N) is 3. The molecule has 0 bridgehead atoms. The van der Waals surface area contributed by atoms with E-state index in [1.165, 1.54) is 11.8 Å². The van der Waals surface area contributed by atoms with Gasteiger partial charge in [-0.3, -0.25) is 10.1 Å². The van der Waals surface area contributed by atoms with Crippen molar-refractivity contribution in [1.29, 1.82) is 0 Å². The Bertz CT molecular complexity index is 1350. The first-order valence-corrected chi connectivity index (χ1v) is 11.5. The number of rotatable bonds is 4. The molecular weight excluding hydrogens is 434 g/mol. The zero-order valence-corrected chi connectivity index (χ0v) is 18.6. The molecule has 2 saturated heterocycles. The van der Waals surface area contributed by atoms with Gasteiger partial charge in [-0.05, 0) is 31.2 Å². The Morgan fingerprint density at radius 1 is 1.06 bits per heavy atom. The van der Waals surface area contributed by atoms with Gasteiger partial charge in [0, 0.05) is 22.9 Å². The van der Waals surface area contributed by atoms with E-state index in [2.05, 4.69) is 10.7 Å². The van der Waals surface area contributed by atoms with E-state index in [1.807, 2.05) is 90.6 Å². The number of para-hydroxylation sites is 1. The van der Waals surface area contributed by atoms with Crippen molar-refractivity contribution in [3.63, 3.8) is 0 Å². The van der Waals surface area contributed by atoms with Crippen molar-refractivity contribution >= 4 is 23.7 Å². The molecule has 8 heteroatoms. The molecule has 2 unspecified atom stereocenters. The first kappa shape index (κ1) is 20.0. The molecular formula is C25H21N5O2S. The number of carbonyl (C=O) groups excluding carboxylic acids is 1. The molecule has 4 aromatic rings. The normalized spacial score (nSPS) is 21.2. The van der Waals surface area contributed by atoms with Gasteiger partial charge in [0.1, 0.15) is 11.9 Å². The zero-order valence-electron chi connectivity index (χ0n) is 17.8. The fourth-order valence-electron chi connectivity index (χ4n) is 4.12. The number of furan rings is 1. The minimum atomic E-state index is -0.188. The highest BCUT2D eigenvalue weighted by Crippen LogP contribution is 2.40.